The van der Waals surface area contributed by atoms with Crippen LogP contribution < -0.4 is 10.7 Å². The van der Waals surface area contributed by atoms with E-state index in [0.717, 1.165) is 21.2 Å². The molecule has 0 aromatic heterocycles. The van der Waals surface area contributed by atoms with E-state index < -0.39 is 6.09 Å². The number of rotatable bonds is 4. The van der Waals surface area contributed by atoms with Crippen LogP contribution in [0.25, 0.3) is 0 Å². The van der Waals surface area contributed by atoms with Crippen LogP contribution in [0, 0.1) is 6.92 Å². The van der Waals surface area contributed by atoms with Gasteiger partial charge in [-0.05, 0) is 52.2 Å². The summed E-state index contributed by atoms with van der Waals surface area (Å²) in [7, 11) is 0. The van der Waals surface area contributed by atoms with Crippen LogP contribution in [0.3, 0.4) is 0 Å². The van der Waals surface area contributed by atoms with Crippen LogP contribution in [-0.4, -0.2) is 24.3 Å². The quantitative estimate of drug-likeness (QED) is 0.575. The highest BCUT2D eigenvalue weighted by molar-refractivity contribution is 9.11. The van der Waals surface area contributed by atoms with Gasteiger partial charge in [0, 0.05) is 20.2 Å². The number of anilines is 1. The predicted molar refractivity (Wildman–Crippen MR) is 111 cm³/mol. The Morgan fingerprint density at radius 2 is 2.04 bits per heavy atom. The summed E-state index contributed by atoms with van der Waals surface area (Å²) in [5.74, 6) is -0.172. The van der Waals surface area contributed by atoms with E-state index in [-0.39, 0.29) is 18.9 Å². The molecule has 2 amide bonds. The Labute approximate surface area is 177 Å². The van der Waals surface area contributed by atoms with Gasteiger partial charge in [0.2, 0.25) is 5.91 Å². The monoisotopic (exact) mass is 513 g/mol. The van der Waals surface area contributed by atoms with Crippen LogP contribution in [0.5, 0.6) is 0 Å². The van der Waals surface area contributed by atoms with Gasteiger partial charge < -0.3 is 10.1 Å². The molecule has 0 unspecified atom stereocenters. The first-order valence-electron chi connectivity index (χ1n) is 7.87. The third kappa shape index (κ3) is 4.69. The number of hydrogen-bond donors (Lipinski definition) is 2. The number of amides is 2. The molecular formula is C18H14Br2ClN3O3. The number of aryl methyl sites for hydroxylation is 1. The lowest BCUT2D eigenvalue weighted by Crippen LogP contribution is -2.30. The van der Waals surface area contributed by atoms with Crippen molar-refractivity contribution in [3.8, 4) is 0 Å². The topological polar surface area (TPSA) is 79.8 Å². The molecule has 0 atom stereocenters. The maximum atomic E-state index is 12.4. The van der Waals surface area contributed by atoms with Crippen LogP contribution in [0.15, 0.2) is 44.4 Å². The number of carbonyl (C=O) groups is 2. The van der Waals surface area contributed by atoms with Crippen molar-refractivity contribution < 1.29 is 14.3 Å². The zero-order valence-electron chi connectivity index (χ0n) is 14.1. The lowest BCUT2D eigenvalue weighted by molar-refractivity contribution is -0.115. The van der Waals surface area contributed by atoms with Crippen LogP contribution in [0.2, 0.25) is 5.02 Å². The van der Waals surface area contributed by atoms with E-state index in [1.807, 2.05) is 13.0 Å². The number of hydrazone groups is 1. The molecule has 0 saturated carbocycles. The third-order valence-corrected chi connectivity index (χ3v) is 6.19. The highest BCUT2D eigenvalue weighted by Gasteiger charge is 2.16. The Balaban J connectivity index is 1.68. The average Bonchev–Trinajstić information content (AvgIpc) is 2.65. The second-order valence-electron chi connectivity index (χ2n) is 5.83. The molecule has 0 radical (unpaired) electrons. The molecule has 27 heavy (non-hydrogen) atoms. The summed E-state index contributed by atoms with van der Waals surface area (Å²) in [5.41, 5.74) is 6.01. The molecule has 1 aliphatic rings. The molecule has 1 heterocycles. The Bertz CT molecular complexity index is 946. The Hall–Kier alpha value is -1.90. The van der Waals surface area contributed by atoms with E-state index in [0.29, 0.717) is 20.9 Å². The second kappa shape index (κ2) is 8.41. The van der Waals surface area contributed by atoms with Crippen molar-refractivity contribution >= 4 is 66.9 Å². The van der Waals surface area contributed by atoms with Crippen molar-refractivity contribution in [3.05, 3.63) is 61.0 Å². The molecule has 0 spiro atoms. The zero-order valence-corrected chi connectivity index (χ0v) is 18.0. The molecule has 0 fully saturated rings. The molecule has 0 aliphatic carbocycles. The molecule has 2 aromatic carbocycles. The molecule has 0 saturated heterocycles. The molecule has 0 bridgehead atoms. The minimum atomic E-state index is -0.573. The molecule has 1 aliphatic heterocycles. The molecule has 140 valence electrons. The molecule has 2 aromatic rings. The Kier molecular flexibility index (Phi) is 6.18. The first-order chi connectivity index (χ1) is 12.8. The summed E-state index contributed by atoms with van der Waals surface area (Å²) in [6, 6.07) is 9.00. The van der Waals surface area contributed by atoms with Crippen molar-refractivity contribution in [2.45, 2.75) is 13.3 Å². The highest BCUT2D eigenvalue weighted by Crippen LogP contribution is 2.35. The fraction of sp³-hybridized carbons (Fsp3) is 0.167. The minimum absolute atomic E-state index is 0.105. The van der Waals surface area contributed by atoms with Gasteiger partial charge in [-0.2, -0.15) is 5.10 Å². The number of ether oxygens (including phenoxy) is 1. The number of carbonyl (C=O) groups excluding carboxylic acids is 2. The molecule has 9 heteroatoms. The Morgan fingerprint density at radius 3 is 2.67 bits per heavy atom. The number of cyclic esters (lactones) is 1. The fourth-order valence-electron chi connectivity index (χ4n) is 2.48. The number of halogens is 3. The minimum Gasteiger partial charge on any atom is -0.442 e. The summed E-state index contributed by atoms with van der Waals surface area (Å²) in [6.07, 6.45) is -0.411. The summed E-state index contributed by atoms with van der Waals surface area (Å²) < 4.78 is 6.40. The van der Waals surface area contributed by atoms with Crippen LogP contribution in [-0.2, 0) is 16.0 Å². The van der Waals surface area contributed by atoms with Crippen LogP contribution in [0.4, 0.5) is 10.5 Å². The van der Waals surface area contributed by atoms with Gasteiger partial charge in [-0.15, -0.1) is 0 Å². The summed E-state index contributed by atoms with van der Waals surface area (Å²) in [4.78, 5) is 23.4. The lowest BCUT2D eigenvalue weighted by atomic mass is 10.1. The largest absolute Gasteiger partial charge is 0.442 e. The summed E-state index contributed by atoms with van der Waals surface area (Å²) in [5, 5.41) is 7.39. The second-order valence-corrected chi connectivity index (χ2v) is 7.86. The maximum Gasteiger partial charge on any atom is 0.428 e. The van der Waals surface area contributed by atoms with Gasteiger partial charge in [-0.3, -0.25) is 4.79 Å². The van der Waals surface area contributed by atoms with Gasteiger partial charge in [0.25, 0.3) is 0 Å². The van der Waals surface area contributed by atoms with E-state index in [4.69, 9.17) is 16.3 Å². The van der Waals surface area contributed by atoms with Crippen LogP contribution in [0.1, 0.15) is 16.7 Å². The van der Waals surface area contributed by atoms with Gasteiger partial charge in [-0.1, -0.05) is 39.7 Å². The SMILES string of the molecule is Cc1cc(Br)c(CC(=O)Nc2ccc(C3=NNC(=O)OC3)cc2)c(Br)c1Cl. The number of benzene rings is 2. The third-order valence-electron chi connectivity index (χ3n) is 3.90. The molecular weight excluding hydrogens is 501 g/mol. The number of nitrogens with zero attached hydrogens (tertiary/aromatic N) is 1. The first-order valence-corrected chi connectivity index (χ1v) is 9.84. The van der Waals surface area contributed by atoms with E-state index in [1.54, 1.807) is 24.3 Å². The predicted octanol–water partition coefficient (Wildman–Crippen LogP) is 4.80. The Morgan fingerprint density at radius 1 is 1.33 bits per heavy atom. The van der Waals surface area contributed by atoms with E-state index in [2.05, 4.69) is 47.7 Å². The maximum absolute atomic E-state index is 12.4. The van der Waals surface area contributed by atoms with Crippen molar-refractivity contribution in [1.29, 1.82) is 0 Å². The number of nitrogens with one attached hydrogen (secondary N) is 2. The van der Waals surface area contributed by atoms with Crippen molar-refractivity contribution in [2.75, 3.05) is 11.9 Å². The first kappa shape index (κ1) is 19.9. The van der Waals surface area contributed by atoms with Gasteiger partial charge in [-0.25, -0.2) is 10.2 Å². The van der Waals surface area contributed by atoms with E-state index in [9.17, 15) is 9.59 Å². The lowest BCUT2D eigenvalue weighted by Gasteiger charge is -2.14. The van der Waals surface area contributed by atoms with E-state index >= 15 is 0 Å². The summed E-state index contributed by atoms with van der Waals surface area (Å²) >= 11 is 13.2. The van der Waals surface area contributed by atoms with Gasteiger partial charge in [0.15, 0.2) is 0 Å². The standard InChI is InChI=1S/C18H14Br2ClN3O3/c1-9-6-13(19)12(16(20)17(9)21)7-15(25)22-11-4-2-10(3-5-11)14-8-27-18(26)24-23-14/h2-6H,7-8H2,1H3,(H,22,25)(H,24,26). The normalized spacial score (nSPS) is 13.5. The fourth-order valence-corrected chi connectivity index (χ4v) is 4.27. The van der Waals surface area contributed by atoms with Gasteiger partial charge in [0.05, 0.1) is 11.4 Å². The van der Waals surface area contributed by atoms with Gasteiger partial charge >= 0.3 is 6.09 Å². The van der Waals surface area contributed by atoms with E-state index in [1.165, 1.54) is 0 Å². The van der Waals surface area contributed by atoms with Crippen LogP contribution >= 0.6 is 43.5 Å². The van der Waals surface area contributed by atoms with Gasteiger partial charge in [0.1, 0.15) is 12.3 Å². The van der Waals surface area contributed by atoms with Crippen molar-refractivity contribution in [2.24, 2.45) is 5.10 Å². The molecule has 3 rings (SSSR count). The number of hydrogen-bond acceptors (Lipinski definition) is 4. The highest BCUT2D eigenvalue weighted by atomic mass is 79.9. The van der Waals surface area contributed by atoms with Crippen molar-refractivity contribution in [1.82, 2.24) is 5.43 Å². The average molecular weight is 516 g/mol. The zero-order chi connectivity index (χ0) is 19.6. The smallest absolute Gasteiger partial charge is 0.428 e. The summed E-state index contributed by atoms with van der Waals surface area (Å²) in [6.45, 7) is 2.00. The molecule has 6 nitrogen and oxygen atoms in total. The molecule has 2 N–H and O–H groups in total. The van der Waals surface area contributed by atoms with Crippen molar-refractivity contribution in [3.63, 3.8) is 0 Å².